The minimum atomic E-state index is 0.0176. The molecule has 2 aromatic carbocycles. The van der Waals surface area contributed by atoms with Gasteiger partial charge in [-0.25, -0.2) is 4.98 Å². The first-order chi connectivity index (χ1) is 19.9. The van der Waals surface area contributed by atoms with Gasteiger partial charge in [0, 0.05) is 67.5 Å². The maximum atomic E-state index is 13.7. The van der Waals surface area contributed by atoms with E-state index in [2.05, 4.69) is 44.7 Å². The first-order valence-electron chi connectivity index (χ1n) is 14.6. The highest BCUT2D eigenvalue weighted by Crippen LogP contribution is 2.41. The molecule has 5 aromatic rings. The Morgan fingerprint density at radius 3 is 2.63 bits per heavy atom. The molecule has 0 radical (unpaired) electrons. The summed E-state index contributed by atoms with van der Waals surface area (Å²) in [4.78, 5) is 20.8. The summed E-state index contributed by atoms with van der Waals surface area (Å²) in [6.07, 6.45) is 8.59. The number of benzene rings is 2. The fourth-order valence-electron chi connectivity index (χ4n) is 7.32. The molecular formula is C32H35N7O2. The third-order valence-electron chi connectivity index (χ3n) is 9.62. The average molecular weight is 550 g/mol. The molecule has 2 saturated carbocycles. The van der Waals surface area contributed by atoms with Crippen molar-refractivity contribution in [2.24, 2.45) is 31.7 Å². The molecule has 9 nitrogen and oxygen atoms in total. The topological polar surface area (TPSA) is 96.1 Å². The molecule has 41 heavy (non-hydrogen) atoms. The van der Waals surface area contributed by atoms with Crippen LogP contribution < -0.4 is 10.5 Å². The summed E-state index contributed by atoms with van der Waals surface area (Å²) in [6.45, 7) is 1.68. The van der Waals surface area contributed by atoms with E-state index in [0.717, 1.165) is 54.0 Å². The molecule has 1 amide bonds. The lowest BCUT2D eigenvalue weighted by Crippen LogP contribution is -2.41. The van der Waals surface area contributed by atoms with Crippen molar-refractivity contribution < 1.29 is 9.53 Å². The molecule has 210 valence electrons. The number of rotatable bonds is 6. The molecule has 2 bridgehead atoms. The van der Waals surface area contributed by atoms with Crippen LogP contribution in [-0.2, 0) is 20.6 Å². The van der Waals surface area contributed by atoms with Gasteiger partial charge >= 0.3 is 0 Å². The third-order valence-corrected chi connectivity index (χ3v) is 9.62. The predicted molar refractivity (Wildman–Crippen MR) is 159 cm³/mol. The van der Waals surface area contributed by atoms with Crippen molar-refractivity contribution in [3.63, 3.8) is 0 Å². The molecule has 8 rings (SSSR count). The quantitative estimate of drug-likeness (QED) is 0.335. The SMILES string of the molecule is COc1cc(C(=O)N2C[C@H]3CC[C@@H]2[C@@H]3N)cc2nc(-c3cc4cccc(-c5cnn(C)c5)c4n3CC3CC3)n(C)c12. The van der Waals surface area contributed by atoms with E-state index in [1.165, 1.54) is 29.3 Å². The first-order valence-corrected chi connectivity index (χ1v) is 14.6. The number of para-hydroxylation sites is 1. The zero-order valence-corrected chi connectivity index (χ0v) is 23.7. The fourth-order valence-corrected chi connectivity index (χ4v) is 7.32. The number of carbonyl (C=O) groups is 1. The third kappa shape index (κ3) is 3.75. The van der Waals surface area contributed by atoms with Crippen LogP contribution >= 0.6 is 0 Å². The van der Waals surface area contributed by atoms with E-state index in [4.69, 9.17) is 15.5 Å². The molecule has 1 saturated heterocycles. The first kappa shape index (κ1) is 24.7. The van der Waals surface area contributed by atoms with Crippen molar-refractivity contribution in [2.45, 2.75) is 44.3 Å². The van der Waals surface area contributed by atoms with Crippen molar-refractivity contribution in [1.29, 1.82) is 0 Å². The lowest BCUT2D eigenvalue weighted by atomic mass is 10.1. The van der Waals surface area contributed by atoms with E-state index in [9.17, 15) is 4.79 Å². The number of fused-ring (bicyclic) bond motifs is 4. The second-order valence-corrected chi connectivity index (χ2v) is 12.2. The number of ether oxygens (including phenoxy) is 1. The summed E-state index contributed by atoms with van der Waals surface area (Å²) in [5, 5.41) is 5.61. The molecule has 2 N–H and O–H groups in total. The Kier molecular flexibility index (Phi) is 5.38. The summed E-state index contributed by atoms with van der Waals surface area (Å²) in [7, 11) is 5.65. The zero-order chi connectivity index (χ0) is 28.0. The Morgan fingerprint density at radius 1 is 1.10 bits per heavy atom. The standard InChI is InChI=1S/C32H35N7O2/c1-36-16-22(14-34-36)23-6-4-5-19-12-26(38(29(19)23)15-18-7-8-18)31-35-24-11-21(13-27(41-3)30(24)37(31)2)32(40)39-17-20-9-10-25(39)28(20)33/h4-6,11-14,16,18,20,25,28H,7-10,15,17,33H2,1-3H3/t20-,25-,28-/m1/s1. The second-order valence-electron chi connectivity index (χ2n) is 12.2. The van der Waals surface area contributed by atoms with Crippen LogP contribution in [0, 0.1) is 11.8 Å². The van der Waals surface area contributed by atoms with Crippen LogP contribution in [0.25, 0.3) is 44.6 Å². The van der Waals surface area contributed by atoms with Crippen LogP contribution in [0.15, 0.2) is 48.8 Å². The van der Waals surface area contributed by atoms with Gasteiger partial charge in [0.25, 0.3) is 5.91 Å². The number of hydrogen-bond acceptors (Lipinski definition) is 5. The van der Waals surface area contributed by atoms with Crippen LogP contribution in [0.5, 0.6) is 5.75 Å². The number of amides is 1. The van der Waals surface area contributed by atoms with Crippen molar-refractivity contribution in [2.75, 3.05) is 13.7 Å². The molecule has 9 heteroatoms. The smallest absolute Gasteiger partial charge is 0.254 e. The van der Waals surface area contributed by atoms with Crippen LogP contribution in [0.3, 0.4) is 0 Å². The van der Waals surface area contributed by atoms with Crippen LogP contribution in [0.4, 0.5) is 0 Å². The van der Waals surface area contributed by atoms with Crippen molar-refractivity contribution in [3.05, 3.63) is 54.4 Å². The Balaban J connectivity index is 1.28. The number of imidazole rings is 1. The second kappa shape index (κ2) is 8.94. The highest BCUT2D eigenvalue weighted by Gasteiger charge is 2.47. The van der Waals surface area contributed by atoms with Crippen LogP contribution in [-0.4, -0.2) is 60.4 Å². The summed E-state index contributed by atoms with van der Waals surface area (Å²) >= 11 is 0. The largest absolute Gasteiger partial charge is 0.494 e. The number of hydrogen-bond donors (Lipinski definition) is 1. The summed E-state index contributed by atoms with van der Waals surface area (Å²) in [5.41, 5.74) is 13.2. The molecule has 3 aromatic heterocycles. The minimum absolute atomic E-state index is 0.0176. The maximum absolute atomic E-state index is 13.7. The zero-order valence-electron chi connectivity index (χ0n) is 23.7. The Morgan fingerprint density at radius 2 is 1.95 bits per heavy atom. The molecule has 2 aliphatic carbocycles. The summed E-state index contributed by atoms with van der Waals surface area (Å²) in [6, 6.07) is 12.7. The van der Waals surface area contributed by atoms with Gasteiger partial charge in [0.2, 0.25) is 0 Å². The van der Waals surface area contributed by atoms with Gasteiger partial charge in [-0.05, 0) is 55.7 Å². The normalized spacial score (nSPS) is 22.0. The summed E-state index contributed by atoms with van der Waals surface area (Å²) in [5.74, 6) is 2.60. The Labute approximate surface area is 238 Å². The molecule has 3 fully saturated rings. The van der Waals surface area contributed by atoms with E-state index >= 15 is 0 Å². The van der Waals surface area contributed by atoms with Gasteiger partial charge < -0.3 is 24.5 Å². The van der Waals surface area contributed by atoms with E-state index in [-0.39, 0.29) is 18.0 Å². The number of aromatic nitrogens is 5. The van der Waals surface area contributed by atoms with Gasteiger partial charge in [-0.3, -0.25) is 9.48 Å². The van der Waals surface area contributed by atoms with E-state index in [1.54, 1.807) is 7.11 Å². The number of nitrogens with zero attached hydrogens (tertiary/aromatic N) is 6. The fraction of sp³-hybridized carbons (Fsp3) is 0.406. The van der Waals surface area contributed by atoms with Crippen LogP contribution in [0.2, 0.25) is 0 Å². The Bertz CT molecular complexity index is 1840. The molecule has 0 spiro atoms. The highest BCUT2D eigenvalue weighted by atomic mass is 16.5. The lowest BCUT2D eigenvalue weighted by Gasteiger charge is -2.27. The van der Waals surface area contributed by atoms with Gasteiger partial charge in [-0.1, -0.05) is 18.2 Å². The molecule has 4 heterocycles. The van der Waals surface area contributed by atoms with Gasteiger partial charge in [0.1, 0.15) is 11.3 Å². The van der Waals surface area contributed by atoms with E-state index < -0.39 is 0 Å². The number of piperidine rings is 1. The van der Waals surface area contributed by atoms with Gasteiger partial charge in [0.05, 0.1) is 30.0 Å². The lowest BCUT2D eigenvalue weighted by molar-refractivity contribution is 0.0700. The summed E-state index contributed by atoms with van der Waals surface area (Å²) < 4.78 is 12.3. The number of aryl methyl sites for hydroxylation is 2. The number of nitrogens with two attached hydrogens (primary N) is 1. The van der Waals surface area contributed by atoms with E-state index in [0.29, 0.717) is 23.1 Å². The van der Waals surface area contributed by atoms with Crippen molar-refractivity contribution in [1.82, 2.24) is 28.8 Å². The number of likely N-dealkylation sites (tertiary alicyclic amines) is 1. The molecule has 3 atom stereocenters. The molecule has 3 aliphatic rings. The van der Waals surface area contributed by atoms with Crippen molar-refractivity contribution in [3.8, 4) is 28.4 Å². The average Bonchev–Trinajstić information content (AvgIpc) is 3.25. The van der Waals surface area contributed by atoms with Gasteiger partial charge in [-0.2, -0.15) is 5.10 Å². The Hall–Kier alpha value is -4.11. The minimum Gasteiger partial charge on any atom is -0.494 e. The van der Waals surface area contributed by atoms with Crippen LogP contribution in [0.1, 0.15) is 36.0 Å². The number of methoxy groups -OCH3 is 1. The van der Waals surface area contributed by atoms with E-state index in [1.807, 2.05) is 42.0 Å². The predicted octanol–water partition coefficient (Wildman–Crippen LogP) is 4.58. The molecule has 1 aliphatic heterocycles. The molecular weight excluding hydrogens is 514 g/mol. The monoisotopic (exact) mass is 549 g/mol. The molecule has 0 unspecified atom stereocenters. The highest BCUT2D eigenvalue weighted by molar-refractivity contribution is 6.01. The van der Waals surface area contributed by atoms with Gasteiger partial charge in [0.15, 0.2) is 5.82 Å². The van der Waals surface area contributed by atoms with Crippen molar-refractivity contribution >= 4 is 27.8 Å². The maximum Gasteiger partial charge on any atom is 0.254 e. The van der Waals surface area contributed by atoms with Gasteiger partial charge in [-0.15, -0.1) is 0 Å². The number of carbonyl (C=O) groups excluding carboxylic acids is 1.